The van der Waals surface area contributed by atoms with E-state index in [1.807, 2.05) is 20.8 Å². The maximum atomic E-state index is 12.6. The summed E-state index contributed by atoms with van der Waals surface area (Å²) in [7, 11) is 0. The molecule has 0 aromatic heterocycles. The Labute approximate surface area is 160 Å². The molecular formula is C22H26N2O3. The molecule has 0 saturated heterocycles. The molecule has 2 aromatic carbocycles. The van der Waals surface area contributed by atoms with Gasteiger partial charge in [0.1, 0.15) is 12.4 Å². The van der Waals surface area contributed by atoms with Crippen LogP contribution in [-0.4, -0.2) is 25.0 Å². The van der Waals surface area contributed by atoms with Gasteiger partial charge in [0.2, 0.25) is 0 Å². The molecule has 0 aliphatic heterocycles. The van der Waals surface area contributed by atoms with Gasteiger partial charge in [0, 0.05) is 12.1 Å². The van der Waals surface area contributed by atoms with Crippen molar-refractivity contribution >= 4 is 17.5 Å². The third-order valence-electron chi connectivity index (χ3n) is 3.67. The number of ether oxygens (including phenoxy) is 1. The van der Waals surface area contributed by atoms with Gasteiger partial charge in [0.25, 0.3) is 11.8 Å². The first kappa shape index (κ1) is 20.2. The zero-order valence-electron chi connectivity index (χ0n) is 16.0. The Morgan fingerprint density at radius 3 is 2.52 bits per heavy atom. The van der Waals surface area contributed by atoms with E-state index in [1.165, 1.54) is 0 Å². The lowest BCUT2D eigenvalue weighted by Crippen LogP contribution is -2.28. The van der Waals surface area contributed by atoms with Gasteiger partial charge in [-0.05, 0) is 48.7 Å². The molecule has 0 heterocycles. The molecule has 0 unspecified atom stereocenters. The molecular weight excluding hydrogens is 340 g/mol. The molecule has 0 aliphatic carbocycles. The number of carbonyl (C=O) groups excluding carboxylic acids is 2. The van der Waals surface area contributed by atoms with Crippen molar-refractivity contribution < 1.29 is 14.3 Å². The van der Waals surface area contributed by atoms with E-state index in [-0.39, 0.29) is 11.8 Å². The normalized spacial score (nSPS) is 10.4. The monoisotopic (exact) mass is 366 g/mol. The van der Waals surface area contributed by atoms with Crippen molar-refractivity contribution in [1.82, 2.24) is 5.32 Å². The van der Waals surface area contributed by atoms with Crippen LogP contribution < -0.4 is 15.4 Å². The molecule has 0 aliphatic rings. The lowest BCUT2D eigenvalue weighted by molar-refractivity contribution is 0.0950. The van der Waals surface area contributed by atoms with E-state index < -0.39 is 0 Å². The summed E-state index contributed by atoms with van der Waals surface area (Å²) in [4.78, 5) is 25.0. The van der Waals surface area contributed by atoms with E-state index in [0.717, 1.165) is 5.57 Å². The van der Waals surface area contributed by atoms with Crippen LogP contribution in [0.5, 0.6) is 5.75 Å². The summed E-state index contributed by atoms with van der Waals surface area (Å²) in [6.45, 7) is 10.7. The highest BCUT2D eigenvalue weighted by Crippen LogP contribution is 2.19. The van der Waals surface area contributed by atoms with Crippen LogP contribution in [0, 0.1) is 5.92 Å². The summed E-state index contributed by atoms with van der Waals surface area (Å²) in [6.07, 6.45) is 0. The Kier molecular flexibility index (Phi) is 7.17. The highest BCUT2D eigenvalue weighted by molar-refractivity contribution is 6.09. The van der Waals surface area contributed by atoms with E-state index in [9.17, 15) is 9.59 Å². The lowest BCUT2D eigenvalue weighted by Gasteiger charge is -2.13. The van der Waals surface area contributed by atoms with Crippen LogP contribution in [0.15, 0.2) is 60.7 Å². The van der Waals surface area contributed by atoms with Gasteiger partial charge in [0.05, 0.1) is 11.3 Å². The van der Waals surface area contributed by atoms with Gasteiger partial charge >= 0.3 is 0 Å². The first-order valence-electron chi connectivity index (χ1n) is 8.92. The Bertz CT molecular complexity index is 828. The highest BCUT2D eigenvalue weighted by Gasteiger charge is 2.14. The second-order valence-electron chi connectivity index (χ2n) is 6.88. The molecule has 2 aromatic rings. The molecule has 0 atom stereocenters. The molecule has 0 radical (unpaired) electrons. The minimum Gasteiger partial charge on any atom is -0.489 e. The van der Waals surface area contributed by atoms with Crippen LogP contribution in [0.1, 0.15) is 41.5 Å². The van der Waals surface area contributed by atoms with E-state index in [2.05, 4.69) is 17.2 Å². The number of para-hydroxylation sites is 1. The van der Waals surface area contributed by atoms with Crippen molar-refractivity contribution in [2.24, 2.45) is 5.92 Å². The third kappa shape index (κ3) is 6.29. The molecule has 5 nitrogen and oxygen atoms in total. The zero-order valence-corrected chi connectivity index (χ0v) is 16.0. The fourth-order valence-electron chi connectivity index (χ4n) is 2.31. The maximum absolute atomic E-state index is 12.6. The molecule has 2 amide bonds. The number of hydrogen-bond donors (Lipinski definition) is 2. The van der Waals surface area contributed by atoms with Gasteiger partial charge in [-0.1, -0.05) is 38.6 Å². The Hall–Kier alpha value is -3.08. The van der Waals surface area contributed by atoms with Crippen LogP contribution in [0.2, 0.25) is 0 Å². The first-order valence-corrected chi connectivity index (χ1v) is 8.92. The average molecular weight is 366 g/mol. The molecule has 5 heteroatoms. The van der Waals surface area contributed by atoms with Crippen LogP contribution in [0.4, 0.5) is 5.69 Å². The van der Waals surface area contributed by atoms with Gasteiger partial charge < -0.3 is 15.4 Å². The summed E-state index contributed by atoms with van der Waals surface area (Å²) in [5.41, 5.74) is 2.25. The van der Waals surface area contributed by atoms with E-state index >= 15 is 0 Å². The average Bonchev–Trinajstić information content (AvgIpc) is 2.65. The van der Waals surface area contributed by atoms with Crippen molar-refractivity contribution in [1.29, 1.82) is 0 Å². The molecule has 0 fully saturated rings. The van der Waals surface area contributed by atoms with E-state index in [4.69, 9.17) is 4.74 Å². The van der Waals surface area contributed by atoms with E-state index in [0.29, 0.717) is 41.6 Å². The topological polar surface area (TPSA) is 67.4 Å². The predicted molar refractivity (Wildman–Crippen MR) is 108 cm³/mol. The summed E-state index contributed by atoms with van der Waals surface area (Å²) >= 11 is 0. The minimum absolute atomic E-state index is 0.210. The minimum atomic E-state index is -0.306. The van der Waals surface area contributed by atoms with Crippen molar-refractivity contribution in [3.05, 3.63) is 71.8 Å². The highest BCUT2D eigenvalue weighted by atomic mass is 16.5. The number of rotatable bonds is 8. The molecule has 2 rings (SSSR count). The van der Waals surface area contributed by atoms with Crippen molar-refractivity contribution in [2.75, 3.05) is 18.5 Å². The third-order valence-corrected chi connectivity index (χ3v) is 3.67. The van der Waals surface area contributed by atoms with Crippen LogP contribution >= 0.6 is 0 Å². The molecule has 0 saturated carbocycles. The summed E-state index contributed by atoms with van der Waals surface area (Å²) in [5, 5.41) is 5.68. The van der Waals surface area contributed by atoms with Crippen LogP contribution in [-0.2, 0) is 0 Å². The largest absolute Gasteiger partial charge is 0.489 e. The SMILES string of the molecule is C=C(C)COc1cccc(C(=O)Nc2ccccc2C(=O)NCC(C)C)c1. The van der Waals surface area contributed by atoms with Crippen molar-refractivity contribution in [2.45, 2.75) is 20.8 Å². The Morgan fingerprint density at radius 1 is 1.07 bits per heavy atom. The van der Waals surface area contributed by atoms with E-state index in [1.54, 1.807) is 48.5 Å². The van der Waals surface area contributed by atoms with Crippen molar-refractivity contribution in [3.63, 3.8) is 0 Å². The molecule has 2 N–H and O–H groups in total. The standard InChI is InChI=1S/C22H26N2O3/c1-15(2)13-23-22(26)19-10-5-6-11-20(19)24-21(25)17-8-7-9-18(12-17)27-14-16(3)4/h5-12,15H,3,13-14H2,1-2,4H3,(H,23,26)(H,24,25). The smallest absolute Gasteiger partial charge is 0.255 e. The number of hydrogen-bond acceptors (Lipinski definition) is 3. The number of nitrogens with one attached hydrogen (secondary N) is 2. The fraction of sp³-hybridized carbons (Fsp3) is 0.273. The number of carbonyl (C=O) groups is 2. The molecule has 0 spiro atoms. The Balaban J connectivity index is 2.13. The quantitative estimate of drug-likeness (QED) is 0.685. The van der Waals surface area contributed by atoms with Gasteiger partial charge in [0.15, 0.2) is 0 Å². The van der Waals surface area contributed by atoms with Gasteiger partial charge in [-0.15, -0.1) is 0 Å². The zero-order chi connectivity index (χ0) is 19.8. The fourth-order valence-corrected chi connectivity index (χ4v) is 2.31. The number of benzene rings is 2. The van der Waals surface area contributed by atoms with Gasteiger partial charge in [-0.25, -0.2) is 0 Å². The second-order valence-corrected chi connectivity index (χ2v) is 6.88. The van der Waals surface area contributed by atoms with Gasteiger partial charge in [-0.3, -0.25) is 9.59 Å². The molecule has 142 valence electrons. The van der Waals surface area contributed by atoms with Gasteiger partial charge in [-0.2, -0.15) is 0 Å². The Morgan fingerprint density at radius 2 is 1.81 bits per heavy atom. The predicted octanol–water partition coefficient (Wildman–Crippen LogP) is 4.28. The number of anilines is 1. The summed E-state index contributed by atoms with van der Waals surface area (Å²) in [5.74, 6) is 0.421. The second kappa shape index (κ2) is 9.57. The first-order chi connectivity index (χ1) is 12.9. The summed E-state index contributed by atoms with van der Waals surface area (Å²) in [6, 6.07) is 13.9. The number of amides is 2. The van der Waals surface area contributed by atoms with Crippen LogP contribution in [0.25, 0.3) is 0 Å². The summed E-state index contributed by atoms with van der Waals surface area (Å²) < 4.78 is 5.58. The lowest BCUT2D eigenvalue weighted by atomic mass is 10.1. The maximum Gasteiger partial charge on any atom is 0.255 e. The molecule has 0 bridgehead atoms. The molecule has 27 heavy (non-hydrogen) atoms. The van der Waals surface area contributed by atoms with Crippen LogP contribution in [0.3, 0.4) is 0 Å². The van der Waals surface area contributed by atoms with Crippen molar-refractivity contribution in [3.8, 4) is 5.75 Å².